The van der Waals surface area contributed by atoms with Gasteiger partial charge in [0.25, 0.3) is 0 Å². The van der Waals surface area contributed by atoms with Crippen LogP contribution in [0.4, 0.5) is 5.69 Å². The number of aryl methyl sites for hydroxylation is 1. The van der Waals surface area contributed by atoms with Gasteiger partial charge in [-0.3, -0.25) is 5.43 Å². The van der Waals surface area contributed by atoms with E-state index in [1.807, 2.05) is 32.0 Å². The lowest BCUT2D eigenvalue weighted by molar-refractivity contribution is 0.301. The van der Waals surface area contributed by atoms with Crippen molar-refractivity contribution in [2.24, 2.45) is 5.10 Å². The van der Waals surface area contributed by atoms with Crippen molar-refractivity contribution in [3.63, 3.8) is 0 Å². The maximum Gasteiger partial charge on any atom is 0.242 e. The van der Waals surface area contributed by atoms with E-state index in [0.29, 0.717) is 24.7 Å². The molecule has 2 rings (SSSR count). The Morgan fingerprint density at radius 3 is 2.45 bits per heavy atom. The molecule has 2 aromatic carbocycles. The number of benzene rings is 2. The summed E-state index contributed by atoms with van der Waals surface area (Å²) in [6.45, 7) is 7.17. The number of thiocarbonyl (C=S) groups is 1. The normalized spacial score (nSPS) is 11.6. The van der Waals surface area contributed by atoms with Crippen LogP contribution in [0.2, 0.25) is 0 Å². The van der Waals surface area contributed by atoms with Gasteiger partial charge in [-0.25, -0.2) is 12.7 Å². The molecule has 0 fully saturated rings. The lowest BCUT2D eigenvalue weighted by Gasteiger charge is -2.15. The summed E-state index contributed by atoms with van der Waals surface area (Å²) in [5.41, 5.74) is 4.96. The average molecular weight is 493 g/mol. The molecule has 33 heavy (non-hydrogen) atoms. The van der Waals surface area contributed by atoms with Crippen molar-refractivity contribution < 1.29 is 17.9 Å². The Hall–Kier alpha value is -2.69. The highest BCUT2D eigenvalue weighted by Crippen LogP contribution is 2.25. The third-order valence-corrected chi connectivity index (χ3v) is 6.53. The highest BCUT2D eigenvalue weighted by molar-refractivity contribution is 7.89. The minimum absolute atomic E-state index is 0.176. The monoisotopic (exact) mass is 492 g/mol. The van der Waals surface area contributed by atoms with E-state index in [0.717, 1.165) is 29.7 Å². The van der Waals surface area contributed by atoms with Gasteiger partial charge in [0.1, 0.15) is 11.5 Å². The number of sulfonamides is 1. The molecule has 0 aliphatic heterocycles. The van der Waals surface area contributed by atoms with E-state index < -0.39 is 10.0 Å². The van der Waals surface area contributed by atoms with Crippen LogP contribution in [0.1, 0.15) is 37.8 Å². The molecule has 0 bridgehead atoms. The average Bonchev–Trinajstić information content (AvgIpc) is 2.78. The Kier molecular flexibility index (Phi) is 10.1. The molecule has 0 atom stereocenters. The van der Waals surface area contributed by atoms with Crippen molar-refractivity contribution in [2.75, 3.05) is 32.6 Å². The predicted octanol–water partition coefficient (Wildman–Crippen LogP) is 4.14. The number of rotatable bonds is 11. The first-order chi connectivity index (χ1) is 15.7. The quantitative estimate of drug-likeness (QED) is 0.277. The van der Waals surface area contributed by atoms with E-state index in [2.05, 4.69) is 22.8 Å². The summed E-state index contributed by atoms with van der Waals surface area (Å²) in [5, 5.41) is 7.43. The summed E-state index contributed by atoms with van der Waals surface area (Å²) in [6.07, 6.45) is 3.42. The summed E-state index contributed by atoms with van der Waals surface area (Å²) in [5.74, 6) is 1.42. The Morgan fingerprint density at radius 1 is 1.09 bits per heavy atom. The molecule has 180 valence electrons. The molecule has 0 radical (unpaired) electrons. The molecule has 0 aliphatic rings. The van der Waals surface area contributed by atoms with Gasteiger partial charge in [0, 0.05) is 31.4 Å². The summed E-state index contributed by atoms with van der Waals surface area (Å²) in [4.78, 5) is 0.176. The second-order valence-corrected chi connectivity index (χ2v) is 10.0. The second-order valence-electron chi connectivity index (χ2n) is 7.48. The zero-order chi connectivity index (χ0) is 24.4. The maximum atomic E-state index is 12.4. The minimum Gasteiger partial charge on any atom is -0.493 e. The van der Waals surface area contributed by atoms with Crippen LogP contribution in [0.5, 0.6) is 11.5 Å². The topological polar surface area (TPSA) is 92.3 Å². The van der Waals surface area contributed by atoms with Crippen LogP contribution < -0.4 is 20.2 Å². The van der Waals surface area contributed by atoms with Crippen molar-refractivity contribution in [1.29, 1.82) is 0 Å². The van der Waals surface area contributed by atoms with Crippen LogP contribution in [0.25, 0.3) is 0 Å². The SMILES string of the molecule is CCCOc1ccc(/C=N\NC(=S)Nc2cc(S(=O)(=O)N(C)C)ccc2C)c(OCCC)c1. The highest BCUT2D eigenvalue weighted by atomic mass is 32.2. The summed E-state index contributed by atoms with van der Waals surface area (Å²) < 4.78 is 37.5. The standard InChI is InChI=1S/C23H32N4O4S2/c1-6-12-30-19-10-9-18(22(14-19)31-13-7-2)16-24-26-23(32)25-21-15-20(11-8-17(21)3)33(28,29)27(4)5/h8-11,14-16H,6-7,12-13H2,1-5H3,(H2,25,26,32)/b24-16-. The lowest BCUT2D eigenvalue weighted by Crippen LogP contribution is -2.25. The van der Waals surface area contributed by atoms with Gasteiger partial charge in [-0.2, -0.15) is 5.10 Å². The van der Waals surface area contributed by atoms with Gasteiger partial charge >= 0.3 is 0 Å². The molecule has 0 heterocycles. The van der Waals surface area contributed by atoms with Crippen molar-refractivity contribution in [2.45, 2.75) is 38.5 Å². The van der Waals surface area contributed by atoms with Crippen LogP contribution >= 0.6 is 12.2 Å². The first-order valence-electron chi connectivity index (χ1n) is 10.7. The van der Waals surface area contributed by atoms with Gasteiger partial charge in [0.15, 0.2) is 5.11 Å². The van der Waals surface area contributed by atoms with Crippen LogP contribution in [0.3, 0.4) is 0 Å². The molecule has 0 saturated carbocycles. The van der Waals surface area contributed by atoms with Gasteiger partial charge in [-0.05, 0) is 61.8 Å². The molecular formula is C23H32N4O4S2. The van der Waals surface area contributed by atoms with Crippen molar-refractivity contribution >= 4 is 39.3 Å². The Balaban J connectivity index is 2.11. The van der Waals surface area contributed by atoms with E-state index in [-0.39, 0.29) is 10.0 Å². The first kappa shape index (κ1) is 26.6. The van der Waals surface area contributed by atoms with E-state index >= 15 is 0 Å². The highest BCUT2D eigenvalue weighted by Gasteiger charge is 2.18. The summed E-state index contributed by atoms with van der Waals surface area (Å²) in [6, 6.07) is 10.4. The fraction of sp³-hybridized carbons (Fsp3) is 0.391. The van der Waals surface area contributed by atoms with Gasteiger partial charge in [0.05, 0.1) is 24.3 Å². The van der Waals surface area contributed by atoms with Gasteiger partial charge in [0.2, 0.25) is 10.0 Å². The number of nitrogens with one attached hydrogen (secondary N) is 2. The Labute approximate surface area is 202 Å². The molecule has 0 saturated heterocycles. The number of anilines is 1. The molecule has 10 heteroatoms. The fourth-order valence-corrected chi connectivity index (χ4v) is 3.78. The fourth-order valence-electron chi connectivity index (χ4n) is 2.69. The number of hydrazone groups is 1. The van der Waals surface area contributed by atoms with E-state index in [9.17, 15) is 8.42 Å². The molecule has 8 nitrogen and oxygen atoms in total. The molecule has 0 unspecified atom stereocenters. The van der Waals surface area contributed by atoms with Gasteiger partial charge < -0.3 is 14.8 Å². The summed E-state index contributed by atoms with van der Waals surface area (Å²) >= 11 is 5.32. The minimum atomic E-state index is -3.55. The third-order valence-electron chi connectivity index (χ3n) is 4.53. The zero-order valence-electron chi connectivity index (χ0n) is 19.7. The van der Waals surface area contributed by atoms with E-state index in [4.69, 9.17) is 21.7 Å². The van der Waals surface area contributed by atoms with Crippen LogP contribution in [0.15, 0.2) is 46.4 Å². The first-order valence-corrected chi connectivity index (χ1v) is 12.6. The molecule has 2 aromatic rings. The maximum absolute atomic E-state index is 12.4. The van der Waals surface area contributed by atoms with Crippen molar-refractivity contribution in [3.8, 4) is 11.5 Å². The number of ether oxygens (including phenoxy) is 2. The third kappa shape index (κ3) is 7.69. The second kappa shape index (κ2) is 12.5. The van der Waals surface area contributed by atoms with Crippen LogP contribution in [-0.4, -0.2) is 51.4 Å². The number of hydrogen-bond donors (Lipinski definition) is 2. The molecule has 0 aliphatic carbocycles. The van der Waals surface area contributed by atoms with E-state index in [1.165, 1.54) is 18.4 Å². The molecular weight excluding hydrogens is 460 g/mol. The van der Waals surface area contributed by atoms with Crippen molar-refractivity contribution in [1.82, 2.24) is 9.73 Å². The smallest absolute Gasteiger partial charge is 0.242 e. The van der Waals surface area contributed by atoms with E-state index in [1.54, 1.807) is 24.4 Å². The van der Waals surface area contributed by atoms with Crippen LogP contribution in [0, 0.1) is 6.92 Å². The van der Waals surface area contributed by atoms with Gasteiger partial charge in [-0.1, -0.05) is 19.9 Å². The lowest BCUT2D eigenvalue weighted by atomic mass is 10.2. The zero-order valence-corrected chi connectivity index (χ0v) is 21.3. The predicted molar refractivity (Wildman–Crippen MR) is 137 cm³/mol. The molecule has 0 spiro atoms. The number of nitrogens with zero attached hydrogens (tertiary/aromatic N) is 2. The Morgan fingerprint density at radius 2 is 1.79 bits per heavy atom. The summed E-state index contributed by atoms with van der Waals surface area (Å²) in [7, 11) is -0.571. The van der Waals surface area contributed by atoms with Crippen LogP contribution in [-0.2, 0) is 10.0 Å². The largest absolute Gasteiger partial charge is 0.493 e. The van der Waals surface area contributed by atoms with Crippen molar-refractivity contribution in [3.05, 3.63) is 47.5 Å². The molecule has 0 aromatic heterocycles. The Bertz CT molecular complexity index is 1090. The number of hydrogen-bond acceptors (Lipinski definition) is 6. The molecule has 0 amide bonds. The molecule has 2 N–H and O–H groups in total. The van der Waals surface area contributed by atoms with Gasteiger partial charge in [-0.15, -0.1) is 0 Å².